The second-order valence-corrected chi connectivity index (χ2v) is 6.79. The number of cyclic esters (lactones) is 1. The van der Waals surface area contributed by atoms with Gasteiger partial charge in [-0.05, 0) is 35.9 Å². The van der Waals surface area contributed by atoms with Crippen molar-refractivity contribution in [2.45, 2.75) is 20.5 Å². The lowest BCUT2D eigenvalue weighted by molar-refractivity contribution is -0.119. The lowest BCUT2D eigenvalue weighted by atomic mass is 10.1. The standard InChI is InChI=1S/C20H18FN5O4.CH4/c1-12(27)22-10-16-11-26(20(28)30-16)14-2-3-17(18(21)7-14)13-4-5-25-15(9-24-29)8-23-19(25)6-13;/h2-9,16,29H,10-11H2,1H3,(H,22,27);1H4/t16-;/m0./s1. The summed E-state index contributed by atoms with van der Waals surface area (Å²) in [5, 5.41) is 14.3. The first kappa shape index (κ1) is 21.8. The number of imidazole rings is 1. The molecule has 0 radical (unpaired) electrons. The molecule has 0 unspecified atom stereocenters. The second-order valence-electron chi connectivity index (χ2n) is 6.79. The zero-order valence-electron chi connectivity index (χ0n) is 15.9. The molecule has 0 spiro atoms. The number of nitrogens with one attached hydrogen (secondary N) is 1. The quantitative estimate of drug-likeness (QED) is 0.370. The van der Waals surface area contributed by atoms with Crippen LogP contribution in [0.4, 0.5) is 14.9 Å². The summed E-state index contributed by atoms with van der Waals surface area (Å²) >= 11 is 0. The van der Waals surface area contributed by atoms with E-state index in [4.69, 9.17) is 9.94 Å². The van der Waals surface area contributed by atoms with Crippen LogP contribution in [0.3, 0.4) is 0 Å². The Balaban J connectivity index is 0.00000272. The minimum Gasteiger partial charge on any atom is -0.442 e. The van der Waals surface area contributed by atoms with E-state index in [1.54, 1.807) is 34.9 Å². The number of nitrogens with zero attached hydrogens (tertiary/aromatic N) is 4. The lowest BCUT2D eigenvalue weighted by Gasteiger charge is -2.14. The number of rotatable bonds is 5. The van der Waals surface area contributed by atoms with E-state index in [2.05, 4.69) is 15.5 Å². The fourth-order valence-corrected chi connectivity index (χ4v) is 3.32. The molecule has 31 heavy (non-hydrogen) atoms. The van der Waals surface area contributed by atoms with E-state index >= 15 is 0 Å². The topological polar surface area (TPSA) is 109 Å². The predicted octanol–water partition coefficient (Wildman–Crippen LogP) is 3.05. The van der Waals surface area contributed by atoms with E-state index in [0.29, 0.717) is 28.2 Å². The maximum absolute atomic E-state index is 14.9. The highest BCUT2D eigenvalue weighted by Gasteiger charge is 2.32. The third kappa shape index (κ3) is 4.32. The minimum absolute atomic E-state index is 0. The van der Waals surface area contributed by atoms with Gasteiger partial charge in [-0.2, -0.15) is 0 Å². The van der Waals surface area contributed by atoms with Crippen molar-refractivity contribution >= 4 is 29.5 Å². The van der Waals surface area contributed by atoms with Crippen LogP contribution in [0.2, 0.25) is 0 Å². The first-order valence-electron chi connectivity index (χ1n) is 9.13. The molecule has 2 N–H and O–H groups in total. The number of fused-ring (bicyclic) bond motifs is 1. The van der Waals surface area contributed by atoms with Gasteiger partial charge < -0.3 is 15.3 Å². The van der Waals surface area contributed by atoms with Gasteiger partial charge in [-0.3, -0.25) is 14.1 Å². The molecule has 0 bridgehead atoms. The fraction of sp³-hybridized carbons (Fsp3) is 0.238. The van der Waals surface area contributed by atoms with Crippen LogP contribution < -0.4 is 10.2 Å². The number of halogens is 1. The van der Waals surface area contributed by atoms with Crippen molar-refractivity contribution in [3.8, 4) is 11.1 Å². The van der Waals surface area contributed by atoms with E-state index < -0.39 is 18.0 Å². The molecule has 1 fully saturated rings. The lowest BCUT2D eigenvalue weighted by Crippen LogP contribution is -2.33. The summed E-state index contributed by atoms with van der Waals surface area (Å²) in [7, 11) is 0. The Hall–Kier alpha value is -3.95. The maximum atomic E-state index is 14.9. The molecule has 2 aromatic heterocycles. The van der Waals surface area contributed by atoms with Crippen molar-refractivity contribution in [1.29, 1.82) is 0 Å². The maximum Gasteiger partial charge on any atom is 0.414 e. The Morgan fingerprint density at radius 1 is 1.42 bits per heavy atom. The molecule has 3 heterocycles. The molecule has 162 valence electrons. The van der Waals surface area contributed by atoms with Gasteiger partial charge in [0.15, 0.2) is 0 Å². The van der Waals surface area contributed by atoms with Gasteiger partial charge in [0, 0.05) is 18.7 Å². The third-order valence-electron chi connectivity index (χ3n) is 4.76. The van der Waals surface area contributed by atoms with Gasteiger partial charge in [0.25, 0.3) is 0 Å². The van der Waals surface area contributed by atoms with E-state index in [1.807, 2.05) is 0 Å². The second kappa shape index (κ2) is 8.82. The number of pyridine rings is 1. The molecule has 1 aliphatic heterocycles. The summed E-state index contributed by atoms with van der Waals surface area (Å²) < 4.78 is 21.8. The largest absolute Gasteiger partial charge is 0.442 e. The number of benzene rings is 1. The number of oxime groups is 1. The van der Waals surface area contributed by atoms with E-state index in [1.165, 1.54) is 30.3 Å². The first-order valence-corrected chi connectivity index (χ1v) is 9.13. The Labute approximate surface area is 177 Å². The van der Waals surface area contributed by atoms with E-state index in [-0.39, 0.29) is 26.4 Å². The molecule has 0 saturated carbocycles. The van der Waals surface area contributed by atoms with Crippen LogP contribution in [0.1, 0.15) is 20.0 Å². The molecular weight excluding hydrogens is 405 g/mol. The van der Waals surface area contributed by atoms with E-state index in [9.17, 15) is 14.0 Å². The number of carbonyl (C=O) groups excluding carboxylic acids is 2. The highest BCUT2D eigenvalue weighted by molar-refractivity contribution is 5.90. The molecule has 1 aliphatic rings. The zero-order chi connectivity index (χ0) is 21.3. The molecule has 1 saturated heterocycles. The van der Waals surface area contributed by atoms with Crippen LogP contribution >= 0.6 is 0 Å². The van der Waals surface area contributed by atoms with Crippen LogP contribution in [0.15, 0.2) is 47.9 Å². The average molecular weight is 427 g/mol. The molecule has 4 rings (SSSR count). The molecule has 3 aromatic rings. The molecule has 1 aromatic carbocycles. The summed E-state index contributed by atoms with van der Waals surface area (Å²) in [4.78, 5) is 28.7. The Kier molecular flexibility index (Phi) is 6.19. The Bertz CT molecular complexity index is 1160. The van der Waals surface area contributed by atoms with Gasteiger partial charge in [0.2, 0.25) is 5.91 Å². The van der Waals surface area contributed by atoms with Crippen LogP contribution in [0, 0.1) is 5.82 Å². The summed E-state index contributed by atoms with van der Waals surface area (Å²) in [6.07, 6.45) is 3.41. The normalized spacial score (nSPS) is 15.9. The first-order chi connectivity index (χ1) is 14.5. The van der Waals surface area contributed by atoms with Crippen LogP contribution in [-0.4, -0.2) is 52.0 Å². The number of anilines is 1. The summed E-state index contributed by atoms with van der Waals surface area (Å²) in [5.74, 6) is -0.719. The SMILES string of the molecule is C.CC(=O)NC[C@H]1CN(c2ccc(-c3ccn4c(C=NO)cnc4c3)c(F)c2)C(=O)O1. The van der Waals surface area contributed by atoms with Crippen LogP contribution in [0.25, 0.3) is 16.8 Å². The molecule has 2 amide bonds. The highest BCUT2D eigenvalue weighted by atomic mass is 19.1. The summed E-state index contributed by atoms with van der Waals surface area (Å²) in [6, 6.07) is 7.93. The highest BCUT2D eigenvalue weighted by Crippen LogP contribution is 2.29. The molecule has 9 nitrogen and oxygen atoms in total. The Morgan fingerprint density at radius 2 is 2.23 bits per heavy atom. The minimum atomic E-state index is -0.589. The molecule has 1 atom stereocenters. The van der Waals surface area contributed by atoms with Crippen molar-refractivity contribution < 1.29 is 23.9 Å². The number of hydrogen-bond acceptors (Lipinski definition) is 6. The average Bonchev–Trinajstić information content (AvgIpc) is 3.29. The number of amides is 2. The van der Waals surface area contributed by atoms with Crippen molar-refractivity contribution in [2.75, 3.05) is 18.0 Å². The molecular formula is C21H22FN5O4. The number of carbonyl (C=O) groups is 2. The predicted molar refractivity (Wildman–Crippen MR) is 113 cm³/mol. The zero-order valence-corrected chi connectivity index (χ0v) is 15.9. The third-order valence-corrected chi connectivity index (χ3v) is 4.76. The van der Waals surface area contributed by atoms with Crippen molar-refractivity contribution in [1.82, 2.24) is 14.7 Å². The van der Waals surface area contributed by atoms with Gasteiger partial charge in [-0.15, -0.1) is 0 Å². The van der Waals surface area contributed by atoms with Crippen LogP contribution in [-0.2, 0) is 9.53 Å². The van der Waals surface area contributed by atoms with Gasteiger partial charge in [0.05, 0.1) is 36.9 Å². The van der Waals surface area contributed by atoms with Gasteiger partial charge in [0.1, 0.15) is 17.6 Å². The fourth-order valence-electron chi connectivity index (χ4n) is 3.32. The molecule has 0 aliphatic carbocycles. The summed E-state index contributed by atoms with van der Waals surface area (Å²) in [6.45, 7) is 1.79. The van der Waals surface area contributed by atoms with Gasteiger partial charge in [-0.1, -0.05) is 12.6 Å². The molecule has 10 heteroatoms. The van der Waals surface area contributed by atoms with Crippen LogP contribution in [0.5, 0.6) is 0 Å². The van der Waals surface area contributed by atoms with Gasteiger partial charge in [-0.25, -0.2) is 14.2 Å². The summed E-state index contributed by atoms with van der Waals surface area (Å²) in [5.41, 5.74) is 2.47. The van der Waals surface area contributed by atoms with Gasteiger partial charge >= 0.3 is 6.09 Å². The Morgan fingerprint density at radius 3 is 2.94 bits per heavy atom. The number of aromatic nitrogens is 2. The number of ether oxygens (including phenoxy) is 1. The van der Waals surface area contributed by atoms with Crippen molar-refractivity contribution in [3.63, 3.8) is 0 Å². The number of hydrogen-bond donors (Lipinski definition) is 2. The monoisotopic (exact) mass is 427 g/mol. The smallest absolute Gasteiger partial charge is 0.414 e. The van der Waals surface area contributed by atoms with E-state index in [0.717, 1.165) is 0 Å². The van der Waals surface area contributed by atoms with Crippen molar-refractivity contribution in [3.05, 3.63) is 54.2 Å². The van der Waals surface area contributed by atoms with Crippen molar-refractivity contribution in [2.24, 2.45) is 5.16 Å².